The van der Waals surface area contributed by atoms with Crippen LogP contribution in [0.5, 0.6) is 0 Å². The van der Waals surface area contributed by atoms with E-state index in [1.54, 1.807) is 6.92 Å². The van der Waals surface area contributed by atoms with Crippen LogP contribution in [0.3, 0.4) is 0 Å². The fourth-order valence-corrected chi connectivity index (χ4v) is 3.15. The van der Waals surface area contributed by atoms with E-state index in [1.165, 1.54) is 35.5 Å². The van der Waals surface area contributed by atoms with Gasteiger partial charge in [0.2, 0.25) is 0 Å². The Bertz CT molecular complexity index is 886. The maximum Gasteiger partial charge on any atom is 0.303 e. The molecular formula is C21H21FN2O2. The molecule has 1 aliphatic heterocycles. The number of halogens is 1. The number of hydrogen-bond donors (Lipinski definition) is 1. The second kappa shape index (κ2) is 7.95. The van der Waals surface area contributed by atoms with E-state index in [4.69, 9.17) is 5.11 Å². The molecule has 134 valence electrons. The van der Waals surface area contributed by atoms with E-state index >= 15 is 0 Å². The van der Waals surface area contributed by atoms with Gasteiger partial charge < -0.3 is 9.67 Å². The third-order valence-corrected chi connectivity index (χ3v) is 4.41. The summed E-state index contributed by atoms with van der Waals surface area (Å²) in [5, 5.41) is 7.72. The number of rotatable bonds is 3. The molecular weight excluding hydrogens is 331 g/mol. The van der Waals surface area contributed by atoms with Gasteiger partial charge in [-0.2, -0.15) is 0 Å². The monoisotopic (exact) mass is 352 g/mol. The summed E-state index contributed by atoms with van der Waals surface area (Å²) in [5.74, 6) is -0.944. The smallest absolute Gasteiger partial charge is 0.303 e. The Kier molecular flexibility index (Phi) is 5.46. The number of hydrogen-bond acceptors (Lipinski definition) is 2. The summed E-state index contributed by atoms with van der Waals surface area (Å²) in [6.45, 7) is 2.65. The highest BCUT2D eigenvalue weighted by Crippen LogP contribution is 2.37. The van der Waals surface area contributed by atoms with Crippen molar-refractivity contribution in [2.75, 3.05) is 0 Å². The quantitative estimate of drug-likeness (QED) is 0.738. The van der Waals surface area contributed by atoms with E-state index in [9.17, 15) is 9.18 Å². The highest BCUT2D eigenvalue weighted by molar-refractivity contribution is 5.82. The average Bonchev–Trinajstić information content (AvgIpc) is 3.24. The van der Waals surface area contributed by atoms with E-state index in [1.807, 2.05) is 36.7 Å². The first kappa shape index (κ1) is 17.9. The third kappa shape index (κ3) is 3.82. The number of fused-ring (bicyclic) bond motifs is 1. The maximum atomic E-state index is 13.2. The van der Waals surface area contributed by atoms with E-state index < -0.39 is 5.97 Å². The second-order valence-corrected chi connectivity index (χ2v) is 6.14. The Labute approximate surface area is 151 Å². The molecule has 0 bridgehead atoms. The maximum absolute atomic E-state index is 13.2. The molecule has 0 saturated heterocycles. The lowest BCUT2D eigenvalue weighted by atomic mass is 10.0. The van der Waals surface area contributed by atoms with Gasteiger partial charge in [-0.3, -0.25) is 9.78 Å². The molecule has 0 atom stereocenters. The molecule has 1 aromatic carbocycles. The molecule has 0 aliphatic carbocycles. The molecule has 4 rings (SSSR count). The molecule has 2 aromatic heterocycles. The van der Waals surface area contributed by atoms with Crippen molar-refractivity contribution in [1.29, 1.82) is 0 Å². The van der Waals surface area contributed by atoms with Gasteiger partial charge >= 0.3 is 5.97 Å². The van der Waals surface area contributed by atoms with E-state index in [2.05, 4.69) is 15.6 Å². The normalized spacial score (nSPS) is 12.2. The highest BCUT2D eigenvalue weighted by atomic mass is 19.1. The third-order valence-electron chi connectivity index (χ3n) is 4.41. The van der Waals surface area contributed by atoms with Crippen molar-refractivity contribution in [2.24, 2.45) is 0 Å². The lowest BCUT2D eigenvalue weighted by molar-refractivity contribution is -0.136. The van der Waals surface area contributed by atoms with Crippen LogP contribution in [0, 0.1) is 5.82 Å². The number of carboxylic acids is 1. The van der Waals surface area contributed by atoms with Crippen molar-refractivity contribution in [2.45, 2.75) is 32.7 Å². The Hall–Kier alpha value is -2.95. The van der Waals surface area contributed by atoms with Crippen LogP contribution in [0.1, 0.15) is 25.5 Å². The van der Waals surface area contributed by atoms with Gasteiger partial charge in [0.25, 0.3) is 0 Å². The molecule has 5 heteroatoms. The first-order chi connectivity index (χ1) is 12.6. The zero-order chi connectivity index (χ0) is 18.5. The van der Waals surface area contributed by atoms with Gasteiger partial charge in [-0.05, 0) is 48.7 Å². The van der Waals surface area contributed by atoms with Crippen LogP contribution in [0.4, 0.5) is 4.39 Å². The molecule has 26 heavy (non-hydrogen) atoms. The van der Waals surface area contributed by atoms with Gasteiger partial charge in [-0.15, -0.1) is 0 Å². The van der Waals surface area contributed by atoms with Crippen molar-refractivity contribution in [1.82, 2.24) is 9.55 Å². The Morgan fingerprint density at radius 2 is 1.81 bits per heavy atom. The van der Waals surface area contributed by atoms with E-state index in [-0.39, 0.29) is 12.2 Å². The van der Waals surface area contributed by atoms with Crippen LogP contribution < -0.4 is 0 Å². The molecule has 1 N–H and O–H groups in total. The van der Waals surface area contributed by atoms with Crippen molar-refractivity contribution in [3.05, 3.63) is 66.4 Å². The molecule has 1 aliphatic rings. The molecule has 3 heterocycles. The number of pyridine rings is 1. The zero-order valence-electron chi connectivity index (χ0n) is 14.7. The summed E-state index contributed by atoms with van der Waals surface area (Å²) in [6.07, 6.45) is 6.16. The summed E-state index contributed by atoms with van der Waals surface area (Å²) in [7, 11) is 0. The minimum Gasteiger partial charge on any atom is -0.481 e. The van der Waals surface area contributed by atoms with Gasteiger partial charge in [0, 0.05) is 42.2 Å². The van der Waals surface area contributed by atoms with Gasteiger partial charge in [0.05, 0.1) is 5.69 Å². The molecule has 0 radical (unpaired) electrons. The number of aromatic nitrogens is 2. The van der Waals surface area contributed by atoms with E-state index in [0.29, 0.717) is 0 Å². The van der Waals surface area contributed by atoms with Crippen molar-refractivity contribution >= 4 is 5.97 Å². The largest absolute Gasteiger partial charge is 0.481 e. The summed E-state index contributed by atoms with van der Waals surface area (Å²) >= 11 is 0. The summed E-state index contributed by atoms with van der Waals surface area (Å²) in [5.41, 5.74) is 5.98. The predicted molar refractivity (Wildman–Crippen MR) is 99.3 cm³/mol. The van der Waals surface area contributed by atoms with Crippen molar-refractivity contribution in [3.63, 3.8) is 0 Å². The molecule has 3 aromatic rings. The minimum absolute atomic E-state index is 0.198. The fraction of sp³-hybridized carbons (Fsp3) is 0.238. The Balaban J connectivity index is 0.000000349. The molecule has 0 unspecified atom stereocenters. The average molecular weight is 352 g/mol. The van der Waals surface area contributed by atoms with Crippen molar-refractivity contribution < 1.29 is 14.3 Å². The van der Waals surface area contributed by atoms with Gasteiger partial charge in [-0.1, -0.05) is 19.1 Å². The number of aliphatic carboxylic acids is 1. The SMILES string of the molecule is CCC(=O)O.Fc1ccc(-c2cc3n(c2-c2ccncc2)CCC3)cc1. The molecule has 4 nitrogen and oxygen atoms in total. The summed E-state index contributed by atoms with van der Waals surface area (Å²) in [6, 6.07) is 13.1. The summed E-state index contributed by atoms with van der Waals surface area (Å²) in [4.78, 5) is 13.5. The molecule has 0 amide bonds. The van der Waals surface area contributed by atoms with Crippen molar-refractivity contribution in [3.8, 4) is 22.4 Å². The number of benzene rings is 1. The van der Waals surface area contributed by atoms with Crippen LogP contribution >= 0.6 is 0 Å². The van der Waals surface area contributed by atoms with Crippen LogP contribution in [0.2, 0.25) is 0 Å². The highest BCUT2D eigenvalue weighted by Gasteiger charge is 2.21. The first-order valence-electron chi connectivity index (χ1n) is 8.70. The lowest BCUT2D eigenvalue weighted by Crippen LogP contribution is -1.96. The number of aryl methyl sites for hydroxylation is 1. The number of nitrogens with zero attached hydrogens (tertiary/aromatic N) is 2. The zero-order valence-corrected chi connectivity index (χ0v) is 14.7. The van der Waals surface area contributed by atoms with Crippen LogP contribution in [-0.2, 0) is 17.8 Å². The van der Waals surface area contributed by atoms with Gasteiger partial charge in [0.15, 0.2) is 0 Å². The summed E-state index contributed by atoms with van der Waals surface area (Å²) < 4.78 is 15.6. The Morgan fingerprint density at radius 1 is 1.15 bits per heavy atom. The lowest BCUT2D eigenvalue weighted by Gasteiger charge is -2.10. The van der Waals surface area contributed by atoms with Crippen LogP contribution in [0.15, 0.2) is 54.9 Å². The number of carbonyl (C=O) groups is 1. The minimum atomic E-state index is -0.745. The second-order valence-electron chi connectivity index (χ2n) is 6.14. The predicted octanol–water partition coefficient (Wildman–Crippen LogP) is 4.78. The topological polar surface area (TPSA) is 55.1 Å². The van der Waals surface area contributed by atoms with Crippen LogP contribution in [0.25, 0.3) is 22.4 Å². The van der Waals surface area contributed by atoms with Gasteiger partial charge in [0.1, 0.15) is 5.82 Å². The Morgan fingerprint density at radius 3 is 2.42 bits per heavy atom. The fourth-order valence-electron chi connectivity index (χ4n) is 3.15. The van der Waals surface area contributed by atoms with Gasteiger partial charge in [-0.25, -0.2) is 4.39 Å². The van der Waals surface area contributed by atoms with Crippen LogP contribution in [-0.4, -0.2) is 20.6 Å². The molecule has 0 fully saturated rings. The molecule has 0 saturated carbocycles. The number of carboxylic acid groups (broad SMARTS) is 1. The standard InChI is InChI=1S/C18H15FN2.C3H6O2/c19-15-5-3-13(4-6-15)17-12-16-2-1-11-21(16)18(17)14-7-9-20-10-8-14;1-2-3(4)5/h3-10,12H,1-2,11H2;2H2,1H3,(H,4,5). The van der Waals surface area contributed by atoms with E-state index in [0.717, 1.165) is 24.1 Å². The first-order valence-corrected chi connectivity index (χ1v) is 8.70. The molecule has 0 spiro atoms.